The van der Waals surface area contributed by atoms with Gasteiger partial charge in [-0.15, -0.1) is 11.3 Å². The first-order valence-electron chi connectivity index (χ1n) is 7.58. The molecule has 3 heterocycles. The largest absolute Gasteiger partial charge is 0.376 e. The first-order chi connectivity index (χ1) is 10.3. The molecule has 114 valence electrons. The summed E-state index contributed by atoms with van der Waals surface area (Å²) in [7, 11) is 0. The normalized spacial score (nSPS) is 20.0. The molecule has 0 radical (unpaired) electrons. The van der Waals surface area contributed by atoms with Crippen molar-refractivity contribution in [3.05, 3.63) is 17.3 Å². The third kappa shape index (κ3) is 3.51. The van der Waals surface area contributed by atoms with Gasteiger partial charge in [-0.1, -0.05) is 6.92 Å². The molecule has 1 atom stereocenters. The molecule has 0 bridgehead atoms. The van der Waals surface area contributed by atoms with Crippen LogP contribution in [0.4, 0.5) is 5.82 Å². The summed E-state index contributed by atoms with van der Waals surface area (Å²) >= 11 is 1.68. The van der Waals surface area contributed by atoms with Crippen LogP contribution in [-0.2, 0) is 11.3 Å². The maximum absolute atomic E-state index is 5.59. The molecule has 0 saturated carbocycles. The summed E-state index contributed by atoms with van der Waals surface area (Å²) < 4.78 is 5.59. The third-order valence-electron chi connectivity index (χ3n) is 3.60. The van der Waals surface area contributed by atoms with Gasteiger partial charge in [0.15, 0.2) is 0 Å². The Morgan fingerprint density at radius 1 is 1.48 bits per heavy atom. The van der Waals surface area contributed by atoms with Gasteiger partial charge in [0, 0.05) is 19.6 Å². The number of thiophene rings is 1. The van der Waals surface area contributed by atoms with E-state index in [-0.39, 0.29) is 0 Å². The van der Waals surface area contributed by atoms with Crippen LogP contribution < -0.4 is 5.32 Å². The second kappa shape index (κ2) is 6.68. The Balaban J connectivity index is 1.81. The van der Waals surface area contributed by atoms with Crippen LogP contribution in [0.5, 0.6) is 0 Å². The number of fused-ring (bicyclic) bond motifs is 1. The van der Waals surface area contributed by atoms with E-state index in [1.54, 1.807) is 11.3 Å². The molecule has 3 rings (SSSR count). The number of morpholine rings is 1. The highest BCUT2D eigenvalue weighted by molar-refractivity contribution is 7.16. The first kappa shape index (κ1) is 14.7. The molecule has 1 unspecified atom stereocenters. The second-order valence-corrected chi connectivity index (χ2v) is 6.37. The summed E-state index contributed by atoms with van der Waals surface area (Å²) in [6.45, 7) is 8.71. The molecule has 1 aliphatic rings. The predicted molar refractivity (Wildman–Crippen MR) is 86.9 cm³/mol. The van der Waals surface area contributed by atoms with Gasteiger partial charge in [-0.2, -0.15) is 0 Å². The van der Waals surface area contributed by atoms with Crippen LogP contribution in [-0.4, -0.2) is 47.2 Å². The smallest absolute Gasteiger partial charge is 0.146 e. The van der Waals surface area contributed by atoms with Crippen LogP contribution in [0.1, 0.15) is 26.1 Å². The summed E-state index contributed by atoms with van der Waals surface area (Å²) in [5, 5.41) is 6.63. The Labute approximate surface area is 129 Å². The number of hydrogen-bond acceptors (Lipinski definition) is 6. The zero-order valence-corrected chi connectivity index (χ0v) is 13.4. The first-order valence-corrected chi connectivity index (χ1v) is 8.46. The molecule has 2 aromatic heterocycles. The summed E-state index contributed by atoms with van der Waals surface area (Å²) in [5.41, 5.74) is 0. The summed E-state index contributed by atoms with van der Waals surface area (Å²) in [6, 6.07) is 2.10. The van der Waals surface area contributed by atoms with Gasteiger partial charge in [0.05, 0.1) is 24.6 Å². The van der Waals surface area contributed by atoms with Gasteiger partial charge >= 0.3 is 0 Å². The number of nitrogens with one attached hydrogen (secondary N) is 1. The topological polar surface area (TPSA) is 50.3 Å². The average Bonchev–Trinajstić information content (AvgIpc) is 2.93. The monoisotopic (exact) mass is 306 g/mol. The summed E-state index contributed by atoms with van der Waals surface area (Å²) in [4.78, 5) is 12.9. The van der Waals surface area contributed by atoms with Crippen LogP contribution >= 0.6 is 11.3 Å². The van der Waals surface area contributed by atoms with E-state index in [0.717, 1.165) is 61.1 Å². The minimum absolute atomic E-state index is 0.293. The van der Waals surface area contributed by atoms with Crippen molar-refractivity contribution in [2.75, 3.05) is 31.6 Å². The van der Waals surface area contributed by atoms with Crippen molar-refractivity contribution in [3.63, 3.8) is 0 Å². The van der Waals surface area contributed by atoms with E-state index in [4.69, 9.17) is 14.7 Å². The zero-order valence-electron chi connectivity index (χ0n) is 12.6. The quantitative estimate of drug-likeness (QED) is 0.920. The minimum Gasteiger partial charge on any atom is -0.376 e. The SMILES string of the molecule is CCCNc1nc(CN2CCOC(C)C2)nc2sccc12. The fraction of sp³-hybridized carbons (Fsp3) is 0.600. The van der Waals surface area contributed by atoms with Crippen LogP contribution in [0.3, 0.4) is 0 Å². The molecule has 21 heavy (non-hydrogen) atoms. The van der Waals surface area contributed by atoms with E-state index in [2.05, 4.69) is 35.5 Å². The van der Waals surface area contributed by atoms with Crippen LogP contribution in [0.2, 0.25) is 0 Å². The standard InChI is InChI=1S/C15H22N4OS/c1-3-5-16-14-12-4-8-21-15(12)18-13(17-14)10-19-6-7-20-11(2)9-19/h4,8,11H,3,5-7,9-10H2,1-2H3,(H,16,17,18). The third-order valence-corrected chi connectivity index (χ3v) is 4.41. The Morgan fingerprint density at radius 3 is 3.19 bits per heavy atom. The lowest BCUT2D eigenvalue weighted by Crippen LogP contribution is -2.40. The van der Waals surface area contributed by atoms with Crippen molar-refractivity contribution >= 4 is 27.4 Å². The molecule has 2 aromatic rings. The van der Waals surface area contributed by atoms with Crippen molar-refractivity contribution < 1.29 is 4.74 Å². The summed E-state index contributed by atoms with van der Waals surface area (Å²) in [5.74, 6) is 1.87. The Bertz CT molecular complexity index is 600. The molecular formula is C15H22N4OS. The molecule has 0 aromatic carbocycles. The lowest BCUT2D eigenvalue weighted by Gasteiger charge is -2.30. The number of nitrogens with zero attached hydrogens (tertiary/aromatic N) is 3. The zero-order chi connectivity index (χ0) is 14.7. The van der Waals surface area contributed by atoms with E-state index in [0.29, 0.717) is 6.10 Å². The average molecular weight is 306 g/mol. The van der Waals surface area contributed by atoms with Crippen molar-refractivity contribution in [1.29, 1.82) is 0 Å². The highest BCUT2D eigenvalue weighted by atomic mass is 32.1. The molecule has 1 aliphatic heterocycles. The second-order valence-electron chi connectivity index (χ2n) is 5.47. The maximum atomic E-state index is 5.59. The molecule has 1 N–H and O–H groups in total. The highest BCUT2D eigenvalue weighted by Crippen LogP contribution is 2.25. The van der Waals surface area contributed by atoms with Gasteiger partial charge in [0.25, 0.3) is 0 Å². The Morgan fingerprint density at radius 2 is 2.38 bits per heavy atom. The highest BCUT2D eigenvalue weighted by Gasteiger charge is 2.18. The number of anilines is 1. The molecule has 5 nitrogen and oxygen atoms in total. The molecule has 1 fully saturated rings. The predicted octanol–water partition coefficient (Wildman–Crippen LogP) is 2.73. The van der Waals surface area contributed by atoms with Crippen molar-refractivity contribution in [1.82, 2.24) is 14.9 Å². The van der Waals surface area contributed by atoms with Gasteiger partial charge in [-0.05, 0) is 24.8 Å². The van der Waals surface area contributed by atoms with Gasteiger partial charge in [-0.3, -0.25) is 4.90 Å². The van der Waals surface area contributed by atoms with Gasteiger partial charge in [0.1, 0.15) is 16.5 Å². The molecule has 1 saturated heterocycles. The summed E-state index contributed by atoms with van der Waals surface area (Å²) in [6.07, 6.45) is 1.38. The van der Waals surface area contributed by atoms with Crippen LogP contribution in [0.25, 0.3) is 10.2 Å². The number of rotatable bonds is 5. The maximum Gasteiger partial charge on any atom is 0.146 e. The van der Waals surface area contributed by atoms with Gasteiger partial charge in [0.2, 0.25) is 0 Å². The van der Waals surface area contributed by atoms with E-state index < -0.39 is 0 Å². The lowest BCUT2D eigenvalue weighted by molar-refractivity contribution is -0.0219. The van der Waals surface area contributed by atoms with E-state index in [1.807, 2.05) is 0 Å². The molecule has 6 heteroatoms. The molecular weight excluding hydrogens is 284 g/mol. The number of ether oxygens (including phenoxy) is 1. The fourth-order valence-corrected chi connectivity index (χ4v) is 3.37. The van der Waals surface area contributed by atoms with Crippen LogP contribution in [0.15, 0.2) is 11.4 Å². The van der Waals surface area contributed by atoms with E-state index >= 15 is 0 Å². The van der Waals surface area contributed by atoms with Crippen LogP contribution in [0, 0.1) is 0 Å². The lowest BCUT2D eigenvalue weighted by atomic mass is 10.3. The van der Waals surface area contributed by atoms with Gasteiger partial charge in [-0.25, -0.2) is 9.97 Å². The van der Waals surface area contributed by atoms with Gasteiger partial charge < -0.3 is 10.1 Å². The number of hydrogen-bond donors (Lipinski definition) is 1. The Hall–Kier alpha value is -1.24. The minimum atomic E-state index is 0.293. The molecule has 0 aliphatic carbocycles. The van der Waals surface area contributed by atoms with E-state index in [1.165, 1.54) is 0 Å². The van der Waals surface area contributed by atoms with E-state index in [9.17, 15) is 0 Å². The van der Waals surface area contributed by atoms with Crippen molar-refractivity contribution in [2.24, 2.45) is 0 Å². The Kier molecular flexibility index (Phi) is 4.67. The van der Waals surface area contributed by atoms with Crippen molar-refractivity contribution in [2.45, 2.75) is 32.9 Å². The molecule has 0 amide bonds. The fourth-order valence-electron chi connectivity index (χ4n) is 2.58. The van der Waals surface area contributed by atoms with Crippen molar-refractivity contribution in [3.8, 4) is 0 Å². The number of aromatic nitrogens is 2. The molecule has 0 spiro atoms.